The van der Waals surface area contributed by atoms with E-state index in [2.05, 4.69) is 33.9 Å². The molecule has 152 valence electrons. The fraction of sp³-hybridized carbons (Fsp3) is 0.455. The van der Waals surface area contributed by atoms with Crippen LogP contribution >= 0.6 is 0 Å². The van der Waals surface area contributed by atoms with Crippen molar-refractivity contribution in [3.8, 4) is 0 Å². The van der Waals surface area contributed by atoms with Gasteiger partial charge in [-0.2, -0.15) is 0 Å². The van der Waals surface area contributed by atoms with Crippen LogP contribution in [0.2, 0.25) is 0 Å². The molecule has 1 N–H and O–H groups in total. The average Bonchev–Trinajstić information content (AvgIpc) is 2.69. The highest BCUT2D eigenvalue weighted by Crippen LogP contribution is 2.17. The first-order valence-corrected chi connectivity index (χ1v) is 11.5. The lowest BCUT2D eigenvalue weighted by Gasteiger charge is -2.28. The van der Waals surface area contributed by atoms with E-state index in [9.17, 15) is 8.42 Å². The molecular formula is C22H30N2O3S. The number of morpholine rings is 1. The van der Waals surface area contributed by atoms with Crippen LogP contribution in [-0.4, -0.2) is 41.3 Å². The van der Waals surface area contributed by atoms with E-state index >= 15 is 0 Å². The molecule has 0 radical (unpaired) electrons. The molecule has 0 atom stereocenters. The van der Waals surface area contributed by atoms with Gasteiger partial charge in [0.1, 0.15) is 0 Å². The van der Waals surface area contributed by atoms with Gasteiger partial charge >= 0.3 is 0 Å². The van der Waals surface area contributed by atoms with Crippen molar-refractivity contribution < 1.29 is 13.2 Å². The molecule has 0 spiro atoms. The van der Waals surface area contributed by atoms with Crippen LogP contribution in [0, 0.1) is 13.8 Å². The summed E-state index contributed by atoms with van der Waals surface area (Å²) in [5.41, 5.74) is 5.41. The van der Waals surface area contributed by atoms with Gasteiger partial charge in [-0.25, -0.2) is 13.1 Å². The number of nitrogens with one attached hydrogen (secondary N) is 1. The van der Waals surface area contributed by atoms with Gasteiger partial charge in [0.25, 0.3) is 0 Å². The normalized spacial score (nSPS) is 15.0. The van der Waals surface area contributed by atoms with Gasteiger partial charge in [0.2, 0.25) is 10.0 Å². The summed E-state index contributed by atoms with van der Waals surface area (Å²) in [7, 11) is -3.32. The summed E-state index contributed by atoms with van der Waals surface area (Å²) in [5.74, 6) is 0.0365. The third-order valence-electron chi connectivity index (χ3n) is 5.13. The SMILES string of the molecule is Cc1ccc(C)c(CS(=O)(=O)NCCCc2ccc(N3CCOCC3)cc2)c1. The van der Waals surface area contributed by atoms with Crippen molar-refractivity contribution in [1.29, 1.82) is 0 Å². The third kappa shape index (κ3) is 6.06. The van der Waals surface area contributed by atoms with Crippen LogP contribution in [0.3, 0.4) is 0 Å². The average molecular weight is 403 g/mol. The van der Waals surface area contributed by atoms with Crippen LogP contribution in [-0.2, 0) is 26.9 Å². The maximum atomic E-state index is 12.4. The van der Waals surface area contributed by atoms with Gasteiger partial charge < -0.3 is 9.64 Å². The fourth-order valence-electron chi connectivity index (χ4n) is 3.43. The molecular weight excluding hydrogens is 372 g/mol. The van der Waals surface area contributed by atoms with Crippen molar-refractivity contribution in [2.24, 2.45) is 0 Å². The van der Waals surface area contributed by atoms with Crippen LogP contribution in [0.5, 0.6) is 0 Å². The molecule has 6 heteroatoms. The van der Waals surface area contributed by atoms with Crippen molar-refractivity contribution in [3.05, 3.63) is 64.7 Å². The summed E-state index contributed by atoms with van der Waals surface area (Å²) in [5, 5.41) is 0. The maximum Gasteiger partial charge on any atom is 0.215 e. The van der Waals surface area contributed by atoms with E-state index in [1.54, 1.807) is 0 Å². The van der Waals surface area contributed by atoms with Gasteiger partial charge in [-0.05, 0) is 55.5 Å². The summed E-state index contributed by atoms with van der Waals surface area (Å²) in [4.78, 5) is 2.33. The van der Waals surface area contributed by atoms with E-state index < -0.39 is 10.0 Å². The Bertz CT molecular complexity index is 873. The van der Waals surface area contributed by atoms with Crippen molar-refractivity contribution in [3.63, 3.8) is 0 Å². The molecule has 1 aliphatic heterocycles. The van der Waals surface area contributed by atoms with Gasteiger partial charge in [-0.3, -0.25) is 0 Å². The molecule has 28 heavy (non-hydrogen) atoms. The quantitative estimate of drug-likeness (QED) is 0.689. The zero-order chi connectivity index (χ0) is 20.0. The first kappa shape index (κ1) is 20.8. The second kappa shape index (κ2) is 9.54. The molecule has 0 bridgehead atoms. The Morgan fingerprint density at radius 1 is 1.04 bits per heavy atom. The zero-order valence-corrected chi connectivity index (χ0v) is 17.6. The first-order chi connectivity index (χ1) is 13.4. The summed E-state index contributed by atoms with van der Waals surface area (Å²) < 4.78 is 32.9. The predicted octanol–water partition coefficient (Wildman–Crippen LogP) is 3.19. The zero-order valence-electron chi connectivity index (χ0n) is 16.8. The first-order valence-electron chi connectivity index (χ1n) is 9.88. The van der Waals surface area contributed by atoms with Crippen molar-refractivity contribution in [2.45, 2.75) is 32.4 Å². The molecule has 0 aliphatic carbocycles. The number of nitrogens with zero attached hydrogens (tertiary/aromatic N) is 1. The molecule has 0 saturated carbocycles. The molecule has 1 fully saturated rings. The Kier molecular flexibility index (Phi) is 7.10. The molecule has 1 saturated heterocycles. The predicted molar refractivity (Wildman–Crippen MR) is 114 cm³/mol. The number of rotatable bonds is 8. The Morgan fingerprint density at radius 3 is 2.46 bits per heavy atom. The third-order valence-corrected chi connectivity index (χ3v) is 6.46. The molecule has 3 rings (SSSR count). The lowest BCUT2D eigenvalue weighted by molar-refractivity contribution is 0.122. The van der Waals surface area contributed by atoms with Gasteiger partial charge in [0.15, 0.2) is 0 Å². The number of anilines is 1. The highest BCUT2D eigenvalue weighted by atomic mass is 32.2. The largest absolute Gasteiger partial charge is 0.378 e. The van der Waals surface area contributed by atoms with E-state index in [4.69, 9.17) is 4.74 Å². The van der Waals surface area contributed by atoms with Crippen LogP contribution in [0.1, 0.15) is 28.7 Å². The van der Waals surface area contributed by atoms with E-state index in [1.807, 2.05) is 32.0 Å². The minimum Gasteiger partial charge on any atom is -0.378 e. The maximum absolute atomic E-state index is 12.4. The lowest BCUT2D eigenvalue weighted by Crippen LogP contribution is -2.36. The van der Waals surface area contributed by atoms with Crippen molar-refractivity contribution in [2.75, 3.05) is 37.7 Å². The molecule has 0 amide bonds. The summed E-state index contributed by atoms with van der Waals surface area (Å²) in [6.45, 7) is 7.81. The highest BCUT2D eigenvalue weighted by molar-refractivity contribution is 7.88. The van der Waals surface area contributed by atoms with Crippen LogP contribution in [0.25, 0.3) is 0 Å². The second-order valence-corrected chi connectivity index (χ2v) is 9.26. The van der Waals surface area contributed by atoms with Crippen LogP contribution in [0.4, 0.5) is 5.69 Å². The van der Waals surface area contributed by atoms with Crippen molar-refractivity contribution in [1.82, 2.24) is 4.72 Å². The molecule has 1 aliphatic rings. The summed E-state index contributed by atoms with van der Waals surface area (Å²) >= 11 is 0. The molecule has 0 aromatic heterocycles. The smallest absolute Gasteiger partial charge is 0.215 e. The van der Waals surface area contributed by atoms with Gasteiger partial charge in [0.05, 0.1) is 19.0 Å². The highest BCUT2D eigenvalue weighted by Gasteiger charge is 2.13. The number of ether oxygens (including phenoxy) is 1. The van der Waals surface area contributed by atoms with E-state index in [1.165, 1.54) is 11.3 Å². The molecule has 5 nitrogen and oxygen atoms in total. The van der Waals surface area contributed by atoms with Gasteiger partial charge in [0, 0.05) is 25.3 Å². The van der Waals surface area contributed by atoms with E-state index in [-0.39, 0.29) is 5.75 Å². The second-order valence-electron chi connectivity index (χ2n) is 7.45. The van der Waals surface area contributed by atoms with E-state index in [0.29, 0.717) is 6.54 Å². The van der Waals surface area contributed by atoms with Crippen molar-refractivity contribution >= 4 is 15.7 Å². The molecule has 2 aromatic carbocycles. The Balaban J connectivity index is 1.45. The Hall–Kier alpha value is -1.89. The monoisotopic (exact) mass is 402 g/mol. The van der Waals surface area contributed by atoms with Gasteiger partial charge in [-0.1, -0.05) is 35.9 Å². The lowest BCUT2D eigenvalue weighted by atomic mass is 10.1. The number of aryl methyl sites for hydroxylation is 3. The fourth-order valence-corrected chi connectivity index (χ4v) is 4.70. The number of benzene rings is 2. The van der Waals surface area contributed by atoms with Gasteiger partial charge in [-0.15, -0.1) is 0 Å². The summed E-state index contributed by atoms with van der Waals surface area (Å²) in [6, 6.07) is 14.5. The molecule has 0 unspecified atom stereocenters. The number of sulfonamides is 1. The minimum atomic E-state index is -3.32. The molecule has 2 aromatic rings. The Labute approximate surface area is 168 Å². The number of hydrogen-bond acceptors (Lipinski definition) is 4. The minimum absolute atomic E-state index is 0.0365. The standard InChI is InChI=1S/C22H30N2O3S/c1-18-5-6-19(2)21(16-18)17-28(25,26)23-11-3-4-20-7-9-22(10-8-20)24-12-14-27-15-13-24/h5-10,16,23H,3-4,11-15,17H2,1-2H3. The Morgan fingerprint density at radius 2 is 1.75 bits per heavy atom. The van der Waals surface area contributed by atoms with Crippen LogP contribution < -0.4 is 9.62 Å². The van der Waals surface area contributed by atoms with E-state index in [0.717, 1.165) is 55.8 Å². The number of hydrogen-bond donors (Lipinski definition) is 1. The van der Waals surface area contributed by atoms with Crippen LogP contribution in [0.15, 0.2) is 42.5 Å². The topological polar surface area (TPSA) is 58.6 Å². The molecule has 1 heterocycles. The summed E-state index contributed by atoms with van der Waals surface area (Å²) in [6.07, 6.45) is 1.64.